The average Bonchev–Trinajstić information content (AvgIpc) is 2.47. The quantitative estimate of drug-likeness (QED) is 0.248. The van der Waals surface area contributed by atoms with Gasteiger partial charge in [-0.2, -0.15) is 0 Å². The first kappa shape index (κ1) is 27.7. The molecule has 140 valence electrons. The Morgan fingerprint density at radius 3 is 1.62 bits per heavy atom. The van der Waals surface area contributed by atoms with Gasteiger partial charge >= 0.3 is 51.4 Å². The van der Waals surface area contributed by atoms with Crippen LogP contribution in [0.1, 0.15) is 104 Å². The predicted molar refractivity (Wildman–Crippen MR) is 95.5 cm³/mol. The number of hydrogen-bond donors (Lipinski definition) is 1. The van der Waals surface area contributed by atoms with E-state index in [4.69, 9.17) is 0 Å². The van der Waals surface area contributed by atoms with Gasteiger partial charge in [-0.05, 0) is 25.7 Å². The topological polar surface area (TPSA) is 77.4 Å². The van der Waals surface area contributed by atoms with E-state index >= 15 is 0 Å². The van der Waals surface area contributed by atoms with E-state index in [1.54, 1.807) is 0 Å². The third kappa shape index (κ3) is 16.9. The Balaban J connectivity index is 0. The van der Waals surface area contributed by atoms with Crippen LogP contribution in [0.5, 0.6) is 0 Å². The van der Waals surface area contributed by atoms with E-state index in [1.807, 2.05) is 0 Å². The number of aliphatic hydroxyl groups excluding tert-OH is 1. The van der Waals surface area contributed by atoms with Crippen molar-refractivity contribution in [3.05, 3.63) is 0 Å². The first-order valence-electron chi connectivity index (χ1n) is 9.54. The van der Waals surface area contributed by atoms with E-state index in [1.165, 1.54) is 6.42 Å². The molecule has 0 spiro atoms. The third-order valence-corrected chi connectivity index (χ3v) is 5.76. The van der Waals surface area contributed by atoms with E-state index in [0.717, 1.165) is 70.6 Å². The van der Waals surface area contributed by atoms with Crippen LogP contribution in [0.3, 0.4) is 0 Å². The predicted octanol–water partition coefficient (Wildman–Crippen LogP) is 1.77. The molecule has 2 unspecified atom stereocenters. The Kier molecular flexibility index (Phi) is 20.7. The summed E-state index contributed by atoms with van der Waals surface area (Å²) < 4.78 is 34.0. The van der Waals surface area contributed by atoms with Crippen molar-refractivity contribution in [2.75, 3.05) is 0 Å². The van der Waals surface area contributed by atoms with E-state index in [-0.39, 0.29) is 57.5 Å². The Bertz CT molecular complexity index is 360. The SMILES string of the molecule is CCCCCCCC(CCCCCCC(O)CCC)S(=O)(=O)[O-].[K+]. The molecule has 0 aromatic carbocycles. The van der Waals surface area contributed by atoms with E-state index in [2.05, 4.69) is 13.8 Å². The third-order valence-electron chi connectivity index (χ3n) is 4.47. The van der Waals surface area contributed by atoms with Crippen molar-refractivity contribution in [2.24, 2.45) is 0 Å². The number of unbranched alkanes of at least 4 members (excludes halogenated alkanes) is 7. The summed E-state index contributed by atoms with van der Waals surface area (Å²) >= 11 is 0. The van der Waals surface area contributed by atoms with Gasteiger partial charge in [0.2, 0.25) is 0 Å². The van der Waals surface area contributed by atoms with E-state index in [9.17, 15) is 18.1 Å². The molecule has 0 aliphatic heterocycles. The van der Waals surface area contributed by atoms with Crippen molar-refractivity contribution >= 4 is 10.1 Å². The van der Waals surface area contributed by atoms with Gasteiger partial charge in [0.25, 0.3) is 0 Å². The van der Waals surface area contributed by atoms with Crippen molar-refractivity contribution in [1.82, 2.24) is 0 Å². The monoisotopic (exact) mass is 388 g/mol. The van der Waals surface area contributed by atoms with Gasteiger partial charge in [-0.15, -0.1) is 0 Å². The minimum Gasteiger partial charge on any atom is -0.748 e. The molecule has 0 aliphatic carbocycles. The molecule has 0 saturated carbocycles. The molecule has 0 radical (unpaired) electrons. The van der Waals surface area contributed by atoms with Crippen LogP contribution in [-0.2, 0) is 10.1 Å². The van der Waals surface area contributed by atoms with Crippen LogP contribution < -0.4 is 51.4 Å². The fraction of sp³-hybridized carbons (Fsp3) is 1.00. The largest absolute Gasteiger partial charge is 1.00 e. The molecule has 0 heterocycles. The summed E-state index contributed by atoms with van der Waals surface area (Å²) in [6.07, 6.45) is 12.6. The second-order valence-corrected chi connectivity index (χ2v) is 8.40. The van der Waals surface area contributed by atoms with Crippen LogP contribution in [0.15, 0.2) is 0 Å². The summed E-state index contributed by atoms with van der Waals surface area (Å²) in [5, 5.41) is 8.94. The van der Waals surface area contributed by atoms with Crippen LogP contribution in [0.25, 0.3) is 0 Å². The van der Waals surface area contributed by atoms with Gasteiger partial charge in [0.05, 0.1) is 16.2 Å². The molecule has 4 nitrogen and oxygen atoms in total. The summed E-state index contributed by atoms with van der Waals surface area (Å²) in [6, 6.07) is 0. The maximum absolute atomic E-state index is 11.3. The maximum Gasteiger partial charge on any atom is 1.00 e. The smallest absolute Gasteiger partial charge is 0.748 e. The summed E-state index contributed by atoms with van der Waals surface area (Å²) in [7, 11) is -4.16. The van der Waals surface area contributed by atoms with Crippen LogP contribution in [0.4, 0.5) is 0 Å². The van der Waals surface area contributed by atoms with Crippen molar-refractivity contribution in [1.29, 1.82) is 0 Å². The van der Waals surface area contributed by atoms with Gasteiger partial charge in [-0.3, -0.25) is 0 Å². The van der Waals surface area contributed by atoms with Crippen LogP contribution in [0.2, 0.25) is 0 Å². The zero-order valence-corrected chi connectivity index (χ0v) is 20.1. The van der Waals surface area contributed by atoms with Crippen molar-refractivity contribution in [3.8, 4) is 0 Å². The van der Waals surface area contributed by atoms with Gasteiger partial charge in [-0.1, -0.05) is 78.1 Å². The fourth-order valence-electron chi connectivity index (χ4n) is 2.99. The van der Waals surface area contributed by atoms with Crippen molar-refractivity contribution < 1.29 is 69.5 Å². The van der Waals surface area contributed by atoms with Crippen LogP contribution >= 0.6 is 0 Å². The molecule has 0 rings (SSSR count). The Morgan fingerprint density at radius 2 is 1.21 bits per heavy atom. The first-order chi connectivity index (χ1) is 10.9. The van der Waals surface area contributed by atoms with Gasteiger partial charge < -0.3 is 9.66 Å². The van der Waals surface area contributed by atoms with E-state index < -0.39 is 15.4 Å². The normalized spacial score (nSPS) is 14.2. The summed E-state index contributed by atoms with van der Waals surface area (Å²) in [5.74, 6) is 0. The number of hydrogen-bond acceptors (Lipinski definition) is 4. The molecule has 6 heteroatoms. The molecule has 0 amide bonds. The second-order valence-electron chi connectivity index (χ2n) is 6.75. The molecule has 1 N–H and O–H groups in total. The maximum atomic E-state index is 11.3. The standard InChI is InChI=1S/C18H38O4S.K/c1-3-5-6-7-11-15-18(23(20,21)22)16-12-9-8-10-14-17(19)13-4-2;/h17-19H,3-16H2,1-2H3,(H,20,21,22);/q;+1/p-1. The molecule has 0 saturated heterocycles. The first-order valence-corrected chi connectivity index (χ1v) is 11.0. The molecule has 2 atom stereocenters. The summed E-state index contributed by atoms with van der Waals surface area (Å²) in [5.41, 5.74) is 0. The Morgan fingerprint density at radius 1 is 0.750 bits per heavy atom. The number of rotatable bonds is 16. The zero-order valence-electron chi connectivity index (χ0n) is 16.1. The van der Waals surface area contributed by atoms with Crippen molar-refractivity contribution in [3.63, 3.8) is 0 Å². The van der Waals surface area contributed by atoms with Crippen molar-refractivity contribution in [2.45, 2.75) is 115 Å². The minimum absolute atomic E-state index is 0. The van der Waals surface area contributed by atoms with Gasteiger partial charge in [0.15, 0.2) is 0 Å². The van der Waals surface area contributed by atoms with Gasteiger partial charge in [0, 0.05) is 5.25 Å². The Labute approximate surface area is 192 Å². The fourth-order valence-corrected chi connectivity index (χ4v) is 3.90. The van der Waals surface area contributed by atoms with Gasteiger partial charge in [0.1, 0.15) is 0 Å². The molecular weight excluding hydrogens is 351 g/mol. The molecule has 0 fully saturated rings. The Hall–Kier alpha value is 1.51. The summed E-state index contributed by atoms with van der Waals surface area (Å²) in [6.45, 7) is 4.21. The average molecular weight is 389 g/mol. The molecule has 0 aliphatic rings. The molecule has 0 bridgehead atoms. The van der Waals surface area contributed by atoms with Crippen LogP contribution in [-0.4, -0.2) is 29.4 Å². The number of aliphatic hydroxyl groups is 1. The molecule has 0 aromatic rings. The summed E-state index contributed by atoms with van der Waals surface area (Å²) in [4.78, 5) is 0. The van der Waals surface area contributed by atoms with Crippen LogP contribution in [0, 0.1) is 0 Å². The molecular formula is C18H37KO4S. The van der Waals surface area contributed by atoms with Gasteiger partial charge in [-0.25, -0.2) is 8.42 Å². The zero-order chi connectivity index (χ0) is 17.6. The second kappa shape index (κ2) is 17.9. The minimum atomic E-state index is -4.16. The van der Waals surface area contributed by atoms with E-state index in [0.29, 0.717) is 12.8 Å². The molecule has 0 aromatic heterocycles. The molecule has 24 heavy (non-hydrogen) atoms.